The minimum absolute atomic E-state index is 0.0194. The Balaban J connectivity index is 1.91. The molecule has 0 spiro atoms. The summed E-state index contributed by atoms with van der Waals surface area (Å²) < 4.78 is 15.5. The van der Waals surface area contributed by atoms with Crippen LogP contribution in [0.4, 0.5) is 0 Å². The number of imide groups is 1. The summed E-state index contributed by atoms with van der Waals surface area (Å²) in [5.41, 5.74) is 0.697. The smallest absolute Gasteiger partial charge is 0.348 e. The van der Waals surface area contributed by atoms with Crippen LogP contribution >= 0.6 is 0 Å². The largest absolute Gasteiger partial charge is 0.493 e. The molecule has 0 saturated heterocycles. The number of benzene rings is 2. The number of fused-ring (bicyclic) bond motifs is 1. The topological polar surface area (TPSA) is 123 Å². The Hall–Kier alpha value is -4.45. The van der Waals surface area contributed by atoms with Crippen LogP contribution in [0.1, 0.15) is 46.5 Å². The lowest BCUT2D eigenvalue weighted by Crippen LogP contribution is -2.47. The van der Waals surface area contributed by atoms with Crippen molar-refractivity contribution in [2.24, 2.45) is 5.92 Å². The fourth-order valence-electron chi connectivity index (χ4n) is 3.69. The van der Waals surface area contributed by atoms with Gasteiger partial charge in [-0.25, -0.2) is 9.59 Å². The highest BCUT2D eigenvalue weighted by atomic mass is 16.6. The number of nitrogens with zero attached hydrogens (tertiary/aromatic N) is 2. The maximum absolute atomic E-state index is 13.2. The van der Waals surface area contributed by atoms with Crippen LogP contribution in [0, 0.1) is 17.2 Å². The van der Waals surface area contributed by atoms with E-state index in [4.69, 9.17) is 14.7 Å². The molecule has 180 valence electrons. The van der Waals surface area contributed by atoms with Gasteiger partial charge in [-0.05, 0) is 48.2 Å². The third-order valence-corrected chi connectivity index (χ3v) is 5.34. The molecule has 0 radical (unpaired) electrons. The molecule has 1 heterocycles. The summed E-state index contributed by atoms with van der Waals surface area (Å²) in [7, 11) is 2.53. The van der Waals surface area contributed by atoms with Crippen LogP contribution in [0.2, 0.25) is 0 Å². The lowest BCUT2D eigenvalue weighted by molar-refractivity contribution is -0.139. The summed E-state index contributed by atoms with van der Waals surface area (Å²) in [5.74, 6) is -2.49. The molecule has 0 bridgehead atoms. The average molecular weight is 476 g/mol. The number of ether oxygens (including phenoxy) is 3. The van der Waals surface area contributed by atoms with Crippen molar-refractivity contribution in [3.8, 4) is 17.6 Å². The third kappa shape index (κ3) is 5.22. The molecule has 0 aliphatic carbocycles. The van der Waals surface area contributed by atoms with E-state index in [1.165, 1.54) is 38.5 Å². The molecule has 0 unspecified atom stereocenters. The number of amides is 2. The SMILES string of the molecule is COC(=O)/C(C#N)=C/c1ccc(OC(=O)[C@H](CC(C)C)N2C(=O)c3ccccc3C2=O)c(OC)c1. The van der Waals surface area contributed by atoms with Crippen LogP contribution in [0.25, 0.3) is 6.08 Å². The van der Waals surface area contributed by atoms with Gasteiger partial charge >= 0.3 is 11.9 Å². The van der Waals surface area contributed by atoms with Gasteiger partial charge in [-0.1, -0.05) is 32.0 Å². The van der Waals surface area contributed by atoms with Crippen molar-refractivity contribution in [3.63, 3.8) is 0 Å². The van der Waals surface area contributed by atoms with E-state index in [1.807, 2.05) is 13.8 Å². The lowest BCUT2D eigenvalue weighted by Gasteiger charge is -2.26. The molecule has 1 aliphatic rings. The Morgan fingerprint density at radius 1 is 1.03 bits per heavy atom. The van der Waals surface area contributed by atoms with E-state index < -0.39 is 29.8 Å². The van der Waals surface area contributed by atoms with E-state index in [1.54, 1.807) is 30.3 Å². The normalized spacial score (nSPS) is 13.8. The molecule has 3 rings (SSSR count). The van der Waals surface area contributed by atoms with Crippen molar-refractivity contribution in [2.45, 2.75) is 26.3 Å². The maximum atomic E-state index is 13.2. The minimum Gasteiger partial charge on any atom is -0.493 e. The highest BCUT2D eigenvalue weighted by Gasteiger charge is 2.43. The number of hydrogen-bond donors (Lipinski definition) is 0. The number of carbonyl (C=O) groups is 4. The zero-order chi connectivity index (χ0) is 25.7. The molecule has 0 saturated carbocycles. The van der Waals surface area contributed by atoms with Crippen LogP contribution < -0.4 is 9.47 Å². The van der Waals surface area contributed by atoms with Crippen molar-refractivity contribution >= 4 is 29.8 Å². The zero-order valence-electron chi connectivity index (χ0n) is 19.7. The van der Waals surface area contributed by atoms with Gasteiger partial charge < -0.3 is 14.2 Å². The first-order valence-corrected chi connectivity index (χ1v) is 10.8. The van der Waals surface area contributed by atoms with Gasteiger partial charge in [0.2, 0.25) is 0 Å². The second-order valence-corrected chi connectivity index (χ2v) is 8.16. The predicted octanol–water partition coefficient (Wildman–Crippen LogP) is 3.39. The molecule has 9 nitrogen and oxygen atoms in total. The molecule has 0 N–H and O–H groups in total. The van der Waals surface area contributed by atoms with Gasteiger partial charge in [0, 0.05) is 0 Å². The van der Waals surface area contributed by atoms with Gasteiger partial charge in [-0.2, -0.15) is 5.26 Å². The molecule has 1 atom stereocenters. The fraction of sp³-hybridized carbons (Fsp3) is 0.269. The molecule has 35 heavy (non-hydrogen) atoms. The number of hydrogen-bond acceptors (Lipinski definition) is 8. The van der Waals surface area contributed by atoms with Crippen molar-refractivity contribution in [3.05, 3.63) is 64.7 Å². The molecule has 2 amide bonds. The van der Waals surface area contributed by atoms with Gasteiger partial charge in [0.05, 0.1) is 25.3 Å². The fourth-order valence-corrected chi connectivity index (χ4v) is 3.69. The van der Waals surface area contributed by atoms with Crippen LogP contribution in [0.3, 0.4) is 0 Å². The van der Waals surface area contributed by atoms with Gasteiger partial charge in [0.1, 0.15) is 17.7 Å². The molecular weight excluding hydrogens is 452 g/mol. The first-order chi connectivity index (χ1) is 16.7. The molecule has 9 heteroatoms. The lowest BCUT2D eigenvalue weighted by atomic mass is 10.0. The number of nitriles is 1. The monoisotopic (exact) mass is 476 g/mol. The Morgan fingerprint density at radius 3 is 2.17 bits per heavy atom. The number of carbonyl (C=O) groups excluding carboxylic acids is 4. The first kappa shape index (κ1) is 25.2. The molecule has 2 aromatic carbocycles. The van der Waals surface area contributed by atoms with Crippen LogP contribution in [0.15, 0.2) is 48.0 Å². The maximum Gasteiger partial charge on any atom is 0.348 e. The Labute approximate surface area is 202 Å². The van der Waals surface area contributed by atoms with E-state index in [-0.39, 0.29) is 40.5 Å². The Kier molecular flexibility index (Phi) is 7.66. The van der Waals surface area contributed by atoms with Crippen molar-refractivity contribution in [1.29, 1.82) is 5.26 Å². The summed E-state index contributed by atoms with van der Waals surface area (Å²) in [5, 5.41) is 9.15. The van der Waals surface area contributed by atoms with E-state index in [9.17, 15) is 19.2 Å². The quantitative estimate of drug-likeness (QED) is 0.187. The first-order valence-electron chi connectivity index (χ1n) is 10.8. The van der Waals surface area contributed by atoms with Gasteiger partial charge in [0.25, 0.3) is 11.8 Å². The van der Waals surface area contributed by atoms with Crippen molar-refractivity contribution < 1.29 is 33.4 Å². The average Bonchev–Trinajstić information content (AvgIpc) is 3.10. The van der Waals surface area contributed by atoms with Crippen molar-refractivity contribution in [2.75, 3.05) is 14.2 Å². The molecular formula is C26H24N2O7. The Bertz CT molecular complexity index is 1220. The highest BCUT2D eigenvalue weighted by Crippen LogP contribution is 2.32. The van der Waals surface area contributed by atoms with Gasteiger partial charge in [-0.3, -0.25) is 14.5 Å². The Morgan fingerprint density at radius 2 is 1.66 bits per heavy atom. The van der Waals surface area contributed by atoms with E-state index >= 15 is 0 Å². The predicted molar refractivity (Wildman–Crippen MR) is 124 cm³/mol. The molecule has 0 aromatic heterocycles. The van der Waals surface area contributed by atoms with Crippen LogP contribution in [0.5, 0.6) is 11.5 Å². The number of methoxy groups -OCH3 is 2. The molecule has 1 aliphatic heterocycles. The van der Waals surface area contributed by atoms with Crippen LogP contribution in [-0.4, -0.2) is 48.9 Å². The number of esters is 2. The van der Waals surface area contributed by atoms with E-state index in [2.05, 4.69) is 4.74 Å². The highest BCUT2D eigenvalue weighted by molar-refractivity contribution is 6.22. The zero-order valence-corrected chi connectivity index (χ0v) is 19.7. The summed E-state index contributed by atoms with van der Waals surface area (Å²) in [6, 6.07) is 11.4. The van der Waals surface area contributed by atoms with Crippen molar-refractivity contribution in [1.82, 2.24) is 4.90 Å². The summed E-state index contributed by atoms with van der Waals surface area (Å²) in [6.45, 7) is 3.74. The summed E-state index contributed by atoms with van der Waals surface area (Å²) in [4.78, 5) is 51.8. The van der Waals surface area contributed by atoms with E-state index in [0.29, 0.717) is 5.56 Å². The third-order valence-electron chi connectivity index (χ3n) is 5.34. The molecule has 0 fully saturated rings. The second-order valence-electron chi connectivity index (χ2n) is 8.16. The van der Waals surface area contributed by atoms with E-state index in [0.717, 1.165) is 4.90 Å². The van der Waals surface area contributed by atoms with Crippen LogP contribution in [-0.2, 0) is 14.3 Å². The standard InChI is InChI=1S/C26H24N2O7/c1-15(2)11-20(28-23(29)18-7-5-6-8-19(18)24(28)30)26(32)35-21-10-9-16(13-22(21)33-3)12-17(14-27)25(31)34-4/h5-10,12-13,15,20H,11H2,1-4H3/b17-12+/t20-/m0/s1. The minimum atomic E-state index is -1.14. The second kappa shape index (κ2) is 10.7. The summed E-state index contributed by atoms with van der Waals surface area (Å²) >= 11 is 0. The van der Waals surface area contributed by atoms with Gasteiger partial charge in [-0.15, -0.1) is 0 Å². The molecule has 2 aromatic rings. The van der Waals surface area contributed by atoms with Gasteiger partial charge in [0.15, 0.2) is 11.5 Å². The summed E-state index contributed by atoms with van der Waals surface area (Å²) in [6.07, 6.45) is 1.51. The number of rotatable bonds is 8.